The molecule has 5 nitrogen and oxygen atoms in total. The highest BCUT2D eigenvalue weighted by molar-refractivity contribution is 9.09. The summed E-state index contributed by atoms with van der Waals surface area (Å²) in [5.41, 5.74) is -0.551. The van der Waals surface area contributed by atoms with E-state index >= 15 is 0 Å². The summed E-state index contributed by atoms with van der Waals surface area (Å²) in [7, 11) is 0. The van der Waals surface area contributed by atoms with Crippen molar-refractivity contribution >= 4 is 27.5 Å². The lowest BCUT2D eigenvalue weighted by atomic mass is 9.84. The minimum absolute atomic E-state index is 0.0441. The maximum atomic E-state index is 13.3. The number of hydrogen-bond acceptors (Lipinski definition) is 3. The van der Waals surface area contributed by atoms with Crippen LogP contribution in [0.25, 0.3) is 0 Å². The van der Waals surface area contributed by atoms with E-state index in [1.165, 1.54) is 0 Å². The maximum absolute atomic E-state index is 13.3. The molecule has 0 spiro atoms. The van der Waals surface area contributed by atoms with Gasteiger partial charge in [-0.25, -0.2) is 4.39 Å². The Labute approximate surface area is 131 Å². The van der Waals surface area contributed by atoms with Gasteiger partial charge in [-0.2, -0.15) is 0 Å². The van der Waals surface area contributed by atoms with Gasteiger partial charge < -0.3 is 5.32 Å². The van der Waals surface area contributed by atoms with Gasteiger partial charge in [-0.15, -0.1) is 0 Å². The SMILES string of the molecule is CCC(CC)(CBr)CNC(=O)c1cc(F)cc([N+](=O)[O-])c1. The predicted octanol–water partition coefficient (Wildman–Crippen LogP) is 3.67. The maximum Gasteiger partial charge on any atom is 0.273 e. The fourth-order valence-electron chi connectivity index (χ4n) is 1.92. The zero-order valence-corrected chi connectivity index (χ0v) is 13.6. The van der Waals surface area contributed by atoms with Gasteiger partial charge in [0.15, 0.2) is 0 Å². The quantitative estimate of drug-likeness (QED) is 0.458. The average molecular weight is 361 g/mol. The highest BCUT2D eigenvalue weighted by Gasteiger charge is 2.26. The third kappa shape index (κ3) is 4.49. The van der Waals surface area contributed by atoms with Crippen molar-refractivity contribution in [3.8, 4) is 0 Å². The Morgan fingerprint density at radius 2 is 2.00 bits per heavy atom. The van der Waals surface area contributed by atoms with Crippen molar-refractivity contribution in [2.75, 3.05) is 11.9 Å². The van der Waals surface area contributed by atoms with Crippen LogP contribution < -0.4 is 5.32 Å². The molecule has 0 heterocycles. The summed E-state index contributed by atoms with van der Waals surface area (Å²) < 4.78 is 13.3. The minimum atomic E-state index is -0.799. The van der Waals surface area contributed by atoms with Crippen LogP contribution in [0.5, 0.6) is 0 Å². The van der Waals surface area contributed by atoms with Gasteiger partial charge >= 0.3 is 0 Å². The van der Waals surface area contributed by atoms with Crippen LogP contribution in [0.1, 0.15) is 37.0 Å². The van der Waals surface area contributed by atoms with Crippen molar-refractivity contribution in [2.45, 2.75) is 26.7 Å². The number of nitro benzene ring substituents is 1. The number of nitro groups is 1. The van der Waals surface area contributed by atoms with E-state index in [0.29, 0.717) is 6.54 Å². The fraction of sp³-hybridized carbons (Fsp3) is 0.500. The number of non-ortho nitro benzene ring substituents is 1. The van der Waals surface area contributed by atoms with Crippen LogP contribution in [0, 0.1) is 21.3 Å². The molecule has 0 saturated carbocycles. The first-order valence-corrected chi connectivity index (χ1v) is 7.78. The van der Waals surface area contributed by atoms with E-state index in [-0.39, 0.29) is 11.0 Å². The van der Waals surface area contributed by atoms with Crippen molar-refractivity contribution in [3.05, 3.63) is 39.7 Å². The molecule has 1 amide bonds. The summed E-state index contributed by atoms with van der Waals surface area (Å²) in [6.07, 6.45) is 1.75. The lowest BCUT2D eigenvalue weighted by Crippen LogP contribution is -2.38. The molecule has 1 aromatic rings. The van der Waals surface area contributed by atoms with Crippen molar-refractivity contribution in [2.24, 2.45) is 5.41 Å². The fourth-order valence-corrected chi connectivity index (χ4v) is 2.91. The van der Waals surface area contributed by atoms with Crippen LogP contribution in [-0.2, 0) is 0 Å². The minimum Gasteiger partial charge on any atom is -0.351 e. The van der Waals surface area contributed by atoms with E-state index in [1.54, 1.807) is 0 Å². The van der Waals surface area contributed by atoms with Gasteiger partial charge in [-0.1, -0.05) is 29.8 Å². The second-order valence-electron chi connectivity index (χ2n) is 4.98. The number of alkyl halides is 1. The Hall–Kier alpha value is -1.50. The predicted molar refractivity (Wildman–Crippen MR) is 82.2 cm³/mol. The van der Waals surface area contributed by atoms with Crippen molar-refractivity contribution in [1.29, 1.82) is 0 Å². The molecule has 21 heavy (non-hydrogen) atoms. The first kappa shape index (κ1) is 17.6. The molecule has 1 N–H and O–H groups in total. The first-order valence-electron chi connectivity index (χ1n) is 6.66. The largest absolute Gasteiger partial charge is 0.351 e. The molecule has 0 radical (unpaired) electrons. The van der Waals surface area contributed by atoms with Crippen LogP contribution in [0.2, 0.25) is 0 Å². The highest BCUT2D eigenvalue weighted by atomic mass is 79.9. The molecular weight excluding hydrogens is 343 g/mol. The molecule has 0 unspecified atom stereocenters. The third-order valence-corrected chi connectivity index (χ3v) is 4.95. The Kier molecular flexibility index (Phi) is 6.26. The number of benzene rings is 1. The second kappa shape index (κ2) is 7.49. The molecule has 1 aromatic carbocycles. The van der Waals surface area contributed by atoms with E-state index in [1.807, 2.05) is 13.8 Å². The smallest absolute Gasteiger partial charge is 0.273 e. The molecule has 0 bridgehead atoms. The number of halogens is 2. The van der Waals surface area contributed by atoms with Gasteiger partial charge in [-0.05, 0) is 24.3 Å². The van der Waals surface area contributed by atoms with Crippen molar-refractivity contribution in [1.82, 2.24) is 5.32 Å². The highest BCUT2D eigenvalue weighted by Crippen LogP contribution is 2.28. The second-order valence-corrected chi connectivity index (χ2v) is 5.54. The Morgan fingerprint density at radius 1 is 1.38 bits per heavy atom. The van der Waals surface area contributed by atoms with Crippen LogP contribution in [0.3, 0.4) is 0 Å². The molecule has 0 saturated heterocycles. The van der Waals surface area contributed by atoms with E-state index < -0.39 is 22.3 Å². The van der Waals surface area contributed by atoms with E-state index in [0.717, 1.165) is 36.4 Å². The monoisotopic (exact) mass is 360 g/mol. The van der Waals surface area contributed by atoms with Crippen LogP contribution in [0.4, 0.5) is 10.1 Å². The third-order valence-electron chi connectivity index (χ3n) is 3.76. The average Bonchev–Trinajstić information content (AvgIpc) is 2.48. The van der Waals surface area contributed by atoms with Gasteiger partial charge in [-0.3, -0.25) is 14.9 Å². The number of hydrogen-bond donors (Lipinski definition) is 1. The molecule has 0 aliphatic carbocycles. The van der Waals surface area contributed by atoms with Gasteiger partial charge in [0, 0.05) is 23.5 Å². The van der Waals surface area contributed by atoms with Crippen LogP contribution >= 0.6 is 15.9 Å². The summed E-state index contributed by atoms with van der Waals surface area (Å²) in [5.74, 6) is -1.31. The Morgan fingerprint density at radius 3 is 2.48 bits per heavy atom. The van der Waals surface area contributed by atoms with E-state index in [9.17, 15) is 19.3 Å². The van der Waals surface area contributed by atoms with Gasteiger partial charge in [0.05, 0.1) is 11.0 Å². The van der Waals surface area contributed by atoms with Crippen LogP contribution in [0.15, 0.2) is 18.2 Å². The van der Waals surface area contributed by atoms with Gasteiger partial charge in [0.25, 0.3) is 11.6 Å². The zero-order valence-electron chi connectivity index (χ0n) is 12.0. The van der Waals surface area contributed by atoms with E-state index in [4.69, 9.17) is 0 Å². The van der Waals surface area contributed by atoms with Crippen LogP contribution in [-0.4, -0.2) is 22.7 Å². The summed E-state index contributed by atoms with van der Waals surface area (Å²) >= 11 is 3.44. The van der Waals surface area contributed by atoms with Crippen molar-refractivity contribution in [3.63, 3.8) is 0 Å². The molecule has 7 heteroatoms. The summed E-state index contributed by atoms with van der Waals surface area (Å²) in [6.45, 7) is 4.49. The Balaban J connectivity index is 2.87. The number of carbonyl (C=O) groups is 1. The number of nitrogens with one attached hydrogen (secondary N) is 1. The number of amides is 1. The molecule has 0 aliphatic rings. The molecule has 116 valence electrons. The van der Waals surface area contributed by atoms with Gasteiger partial charge in [0.2, 0.25) is 0 Å². The molecule has 0 fully saturated rings. The summed E-state index contributed by atoms with van der Waals surface area (Å²) in [5, 5.41) is 14.1. The van der Waals surface area contributed by atoms with Crippen molar-refractivity contribution < 1.29 is 14.1 Å². The summed E-state index contributed by atoms with van der Waals surface area (Å²) in [6, 6.07) is 2.86. The summed E-state index contributed by atoms with van der Waals surface area (Å²) in [4.78, 5) is 22.0. The molecule has 0 aliphatic heterocycles. The Bertz CT molecular complexity index is 525. The topological polar surface area (TPSA) is 72.2 Å². The standard InChI is InChI=1S/C14H18BrFN2O3/c1-3-14(4-2,8-15)9-17-13(19)10-5-11(16)7-12(6-10)18(20)21/h5-7H,3-4,8-9H2,1-2H3,(H,17,19). The lowest BCUT2D eigenvalue weighted by Gasteiger charge is -2.29. The molecular formula is C14H18BrFN2O3. The number of nitrogens with zero attached hydrogens (tertiary/aromatic N) is 1. The first-order chi connectivity index (χ1) is 9.87. The van der Waals surface area contributed by atoms with E-state index in [2.05, 4.69) is 21.2 Å². The molecule has 1 rings (SSSR count). The lowest BCUT2D eigenvalue weighted by molar-refractivity contribution is -0.385. The zero-order chi connectivity index (χ0) is 16.0. The molecule has 0 atom stereocenters. The molecule has 0 aromatic heterocycles. The normalized spacial score (nSPS) is 11.2. The number of rotatable bonds is 7. The van der Waals surface area contributed by atoms with Gasteiger partial charge in [0.1, 0.15) is 5.82 Å². The number of carbonyl (C=O) groups excluding carboxylic acids is 1.